The number of carbonyl (C=O) groups excluding carboxylic acids is 2. The average molecular weight is 617 g/mol. The van der Waals surface area contributed by atoms with Gasteiger partial charge in [0.1, 0.15) is 13.2 Å². The molecule has 1 unspecified atom stereocenters. The molecule has 2 aromatic rings. The van der Waals surface area contributed by atoms with Gasteiger partial charge in [-0.2, -0.15) is 0 Å². The Morgan fingerprint density at radius 1 is 0.818 bits per heavy atom. The third-order valence-corrected chi connectivity index (χ3v) is 8.01. The van der Waals surface area contributed by atoms with Gasteiger partial charge in [0.2, 0.25) is 0 Å². The molecule has 0 radical (unpaired) electrons. The number of ether oxygens (including phenoxy) is 3. The molecule has 3 rings (SSSR count). The molecule has 0 aromatic heterocycles. The number of benzene rings is 2. The molecule has 1 saturated heterocycles. The van der Waals surface area contributed by atoms with Crippen molar-refractivity contribution < 1.29 is 43.6 Å². The highest BCUT2D eigenvalue weighted by Gasteiger charge is 2.51. The van der Waals surface area contributed by atoms with E-state index >= 15 is 0 Å². The molecule has 2 aromatic carbocycles. The van der Waals surface area contributed by atoms with E-state index in [0.717, 1.165) is 55.4 Å². The van der Waals surface area contributed by atoms with Crippen molar-refractivity contribution in [1.82, 2.24) is 9.80 Å². The van der Waals surface area contributed by atoms with Crippen LogP contribution in [0.2, 0.25) is 0 Å². The van der Waals surface area contributed by atoms with E-state index in [1.807, 2.05) is 42.5 Å². The van der Waals surface area contributed by atoms with E-state index in [4.69, 9.17) is 34.0 Å². The molecule has 2 N–H and O–H groups in total. The second-order valence-corrected chi connectivity index (χ2v) is 10.7. The molecule has 1 fully saturated rings. The number of carboxylic acid groups (broad SMARTS) is 2. The molecule has 1 atom stereocenters. The Bertz CT molecular complexity index is 1160. The van der Waals surface area contributed by atoms with Crippen LogP contribution in [0.1, 0.15) is 52.5 Å². The third kappa shape index (κ3) is 10.9. The van der Waals surface area contributed by atoms with Gasteiger partial charge in [-0.25, -0.2) is 9.59 Å². The van der Waals surface area contributed by atoms with Gasteiger partial charge in [0.25, 0.3) is 0 Å². The lowest BCUT2D eigenvalue weighted by Gasteiger charge is -2.32. The smallest absolute Gasteiger partial charge is 0.414 e. The van der Waals surface area contributed by atoms with E-state index < -0.39 is 29.3 Å². The standard InChI is InChI=1S/C31H46N2O5.C2H2O4/c1-5-32(6-2)18-21-37-29(34)31(24-27-16-12-20-36-27,30(35)38-22-19-33(7-3)8-4)23-26-15-11-14-25-13-9-10-17-28(25)26;3-1(4)2(5)6/h9-11,13-15,17,27H,5-8,12,16,18-24H2,1-4H3;(H,3,4)(H,5,6). The fourth-order valence-corrected chi connectivity index (χ4v) is 5.32. The van der Waals surface area contributed by atoms with Crippen LogP contribution in [-0.4, -0.2) is 109 Å². The zero-order valence-corrected chi connectivity index (χ0v) is 26.5. The maximum atomic E-state index is 14.0. The molecule has 0 saturated carbocycles. The summed E-state index contributed by atoms with van der Waals surface area (Å²) in [5.41, 5.74) is -0.548. The molecule has 11 nitrogen and oxygen atoms in total. The van der Waals surface area contributed by atoms with E-state index in [-0.39, 0.29) is 32.2 Å². The van der Waals surface area contributed by atoms with Crippen LogP contribution in [0.3, 0.4) is 0 Å². The van der Waals surface area contributed by atoms with Crippen LogP contribution in [0.15, 0.2) is 42.5 Å². The first-order valence-electron chi connectivity index (χ1n) is 15.4. The van der Waals surface area contributed by atoms with Crippen LogP contribution in [0.5, 0.6) is 0 Å². The number of hydrogen-bond acceptors (Lipinski definition) is 9. The molecule has 0 spiro atoms. The summed E-state index contributed by atoms with van der Waals surface area (Å²) >= 11 is 0. The maximum absolute atomic E-state index is 14.0. The molecule has 11 heteroatoms. The summed E-state index contributed by atoms with van der Waals surface area (Å²) in [7, 11) is 0. The van der Waals surface area contributed by atoms with Gasteiger partial charge in [-0.15, -0.1) is 0 Å². The van der Waals surface area contributed by atoms with Gasteiger partial charge in [-0.05, 0) is 61.8 Å². The number of aliphatic carboxylic acids is 2. The van der Waals surface area contributed by atoms with Crippen LogP contribution < -0.4 is 0 Å². The fourth-order valence-electron chi connectivity index (χ4n) is 5.32. The summed E-state index contributed by atoms with van der Waals surface area (Å²) in [4.78, 5) is 50.6. The molecule has 0 aliphatic carbocycles. The van der Waals surface area contributed by atoms with Crippen LogP contribution in [0.4, 0.5) is 0 Å². The number of hydrogen-bond donors (Lipinski definition) is 2. The van der Waals surface area contributed by atoms with Crippen molar-refractivity contribution in [2.45, 2.75) is 59.5 Å². The molecule has 244 valence electrons. The number of carbonyl (C=O) groups is 4. The van der Waals surface area contributed by atoms with Crippen molar-refractivity contribution in [3.05, 3.63) is 48.0 Å². The number of fused-ring (bicyclic) bond motifs is 1. The molecule has 1 heterocycles. The second kappa shape index (κ2) is 19.0. The van der Waals surface area contributed by atoms with Gasteiger partial charge in [0.05, 0.1) is 6.10 Å². The molecular weight excluding hydrogens is 568 g/mol. The van der Waals surface area contributed by atoms with Gasteiger partial charge in [0.15, 0.2) is 5.41 Å². The van der Waals surface area contributed by atoms with Crippen LogP contribution in [0, 0.1) is 5.41 Å². The highest BCUT2D eigenvalue weighted by molar-refractivity contribution is 6.27. The minimum absolute atomic E-state index is 0.185. The first-order valence-corrected chi connectivity index (χ1v) is 15.4. The molecule has 1 aliphatic heterocycles. The van der Waals surface area contributed by atoms with Crippen molar-refractivity contribution in [1.29, 1.82) is 0 Å². The summed E-state index contributed by atoms with van der Waals surface area (Å²) in [6, 6.07) is 14.1. The quantitative estimate of drug-likeness (QED) is 0.161. The lowest BCUT2D eigenvalue weighted by molar-refractivity contribution is -0.176. The summed E-state index contributed by atoms with van der Waals surface area (Å²) < 4.78 is 17.7. The highest BCUT2D eigenvalue weighted by Crippen LogP contribution is 2.37. The van der Waals surface area contributed by atoms with E-state index in [2.05, 4.69) is 37.5 Å². The lowest BCUT2D eigenvalue weighted by Crippen LogP contribution is -2.47. The second-order valence-electron chi connectivity index (χ2n) is 10.7. The number of nitrogens with zero attached hydrogens (tertiary/aromatic N) is 2. The van der Waals surface area contributed by atoms with Gasteiger partial charge in [0, 0.05) is 26.1 Å². The van der Waals surface area contributed by atoms with E-state index in [9.17, 15) is 9.59 Å². The summed E-state index contributed by atoms with van der Waals surface area (Å²) in [5.74, 6) is -4.67. The monoisotopic (exact) mass is 616 g/mol. The van der Waals surface area contributed by atoms with Crippen molar-refractivity contribution in [3.8, 4) is 0 Å². The van der Waals surface area contributed by atoms with Crippen molar-refractivity contribution in [3.63, 3.8) is 0 Å². The zero-order chi connectivity index (χ0) is 32.5. The van der Waals surface area contributed by atoms with Crippen molar-refractivity contribution >= 4 is 34.6 Å². The van der Waals surface area contributed by atoms with Crippen LogP contribution >= 0.6 is 0 Å². The maximum Gasteiger partial charge on any atom is 0.414 e. The Morgan fingerprint density at radius 2 is 1.34 bits per heavy atom. The van der Waals surface area contributed by atoms with E-state index in [1.54, 1.807) is 0 Å². The number of carboxylic acids is 2. The van der Waals surface area contributed by atoms with Crippen molar-refractivity contribution in [2.24, 2.45) is 5.41 Å². The Labute approximate surface area is 260 Å². The van der Waals surface area contributed by atoms with Crippen LogP contribution in [0.25, 0.3) is 10.8 Å². The Balaban J connectivity index is 0.00000102. The number of esters is 2. The average Bonchev–Trinajstić information content (AvgIpc) is 3.54. The summed E-state index contributed by atoms with van der Waals surface area (Å²) in [6.07, 6.45) is 2.02. The molecule has 44 heavy (non-hydrogen) atoms. The Morgan fingerprint density at radius 3 is 1.82 bits per heavy atom. The minimum Gasteiger partial charge on any atom is -0.473 e. The van der Waals surface area contributed by atoms with Gasteiger partial charge < -0.3 is 34.2 Å². The van der Waals surface area contributed by atoms with Crippen molar-refractivity contribution in [2.75, 3.05) is 59.1 Å². The van der Waals surface area contributed by atoms with Gasteiger partial charge >= 0.3 is 23.9 Å². The topological polar surface area (TPSA) is 143 Å². The Hall–Kier alpha value is -3.54. The minimum atomic E-state index is -1.82. The molecule has 0 bridgehead atoms. The summed E-state index contributed by atoms with van der Waals surface area (Å²) in [5, 5.41) is 16.9. The molecule has 1 aliphatic rings. The van der Waals surface area contributed by atoms with Crippen LogP contribution in [-0.2, 0) is 39.8 Å². The fraction of sp³-hybridized carbons (Fsp3) is 0.576. The Kier molecular flexibility index (Phi) is 15.8. The van der Waals surface area contributed by atoms with E-state index in [1.165, 1.54) is 0 Å². The lowest BCUT2D eigenvalue weighted by atomic mass is 9.75. The molecular formula is C33H48N2O9. The predicted octanol–water partition coefficient (Wildman–Crippen LogP) is 3.86. The molecule has 0 amide bonds. The predicted molar refractivity (Wildman–Crippen MR) is 166 cm³/mol. The normalized spacial score (nSPS) is 14.7. The SMILES string of the molecule is CCN(CC)CCOC(=O)C(Cc1cccc2ccccc12)(CC1CCCO1)C(=O)OCCN(CC)CC.O=C(O)C(=O)O. The van der Waals surface area contributed by atoms with Gasteiger partial charge in [-0.3, -0.25) is 9.59 Å². The third-order valence-electron chi connectivity index (χ3n) is 8.01. The van der Waals surface area contributed by atoms with E-state index in [0.29, 0.717) is 19.7 Å². The highest BCUT2D eigenvalue weighted by atomic mass is 16.6. The first kappa shape index (κ1) is 36.7. The largest absolute Gasteiger partial charge is 0.473 e. The van der Waals surface area contributed by atoms with Gasteiger partial charge in [-0.1, -0.05) is 70.2 Å². The zero-order valence-electron chi connectivity index (χ0n) is 26.5. The summed E-state index contributed by atoms with van der Waals surface area (Å²) in [6.45, 7) is 14.2. The number of likely N-dealkylation sites (N-methyl/N-ethyl adjacent to an activating group) is 2. The first-order chi connectivity index (χ1) is 21.1. The number of rotatable bonds is 16.